The van der Waals surface area contributed by atoms with E-state index in [4.69, 9.17) is 0 Å². The summed E-state index contributed by atoms with van der Waals surface area (Å²) in [5.74, 6) is 0. The van der Waals surface area contributed by atoms with Crippen LogP contribution in [0.5, 0.6) is 0 Å². The molecule has 0 heterocycles. The molecule has 0 bridgehead atoms. The van der Waals surface area contributed by atoms with Gasteiger partial charge >= 0.3 is 0 Å². The van der Waals surface area contributed by atoms with Gasteiger partial charge in [0.2, 0.25) is 0 Å². The highest BCUT2D eigenvalue weighted by Gasteiger charge is 2.08. The maximum atomic E-state index is 2.33. The fourth-order valence-corrected chi connectivity index (χ4v) is 3.41. The third-order valence-corrected chi connectivity index (χ3v) is 4.49. The highest BCUT2D eigenvalue weighted by molar-refractivity contribution is 6.21. The van der Waals surface area contributed by atoms with E-state index in [9.17, 15) is 0 Å². The monoisotopic (exact) mass is 282 g/mol. The number of rotatable bonds is 1. The van der Waals surface area contributed by atoms with E-state index in [1.54, 1.807) is 0 Å². The normalized spacial score (nSPS) is 13.1. The lowest BCUT2D eigenvalue weighted by Crippen LogP contribution is -2.01. The van der Waals surface area contributed by atoms with Gasteiger partial charge in [-0.3, -0.25) is 0 Å². The second-order valence-electron chi connectivity index (χ2n) is 5.85. The first-order valence-electron chi connectivity index (χ1n) is 7.76. The van der Waals surface area contributed by atoms with Gasteiger partial charge in [0.25, 0.3) is 0 Å². The average molecular weight is 282 g/mol. The summed E-state index contributed by atoms with van der Waals surface area (Å²) >= 11 is 0. The van der Waals surface area contributed by atoms with Crippen LogP contribution < -0.4 is 5.22 Å². The van der Waals surface area contributed by atoms with E-state index in [0.29, 0.717) is 0 Å². The first-order chi connectivity index (χ1) is 10.8. The number of allylic oxidation sites excluding steroid dienone is 2. The van der Waals surface area contributed by atoms with Crippen molar-refractivity contribution in [3.05, 3.63) is 77.5 Å². The predicted molar refractivity (Wildman–Crippen MR) is 98.2 cm³/mol. The summed E-state index contributed by atoms with van der Waals surface area (Å²) < 4.78 is 0. The van der Waals surface area contributed by atoms with Gasteiger partial charge in [0, 0.05) is 0 Å². The van der Waals surface area contributed by atoms with Gasteiger partial charge in [-0.15, -0.1) is 0 Å². The first-order valence-corrected chi connectivity index (χ1v) is 7.76. The molecule has 4 rings (SSSR count). The predicted octanol–water partition coefficient (Wildman–Crippen LogP) is 5.53. The molecule has 0 saturated carbocycles. The van der Waals surface area contributed by atoms with Crippen molar-refractivity contribution in [3.8, 4) is 0 Å². The summed E-state index contributed by atoms with van der Waals surface area (Å²) in [7, 11) is 0. The highest BCUT2D eigenvalue weighted by atomic mass is 14.1. The van der Waals surface area contributed by atoms with Gasteiger partial charge in [0.1, 0.15) is 0 Å². The van der Waals surface area contributed by atoms with Gasteiger partial charge < -0.3 is 0 Å². The highest BCUT2D eigenvalue weighted by Crippen LogP contribution is 2.33. The molecule has 4 aromatic rings. The van der Waals surface area contributed by atoms with Crippen molar-refractivity contribution in [1.82, 2.24) is 0 Å². The Labute approximate surface area is 130 Å². The Bertz CT molecular complexity index is 1080. The van der Waals surface area contributed by atoms with E-state index in [1.165, 1.54) is 43.1 Å². The molecule has 4 aromatic carbocycles. The zero-order chi connectivity index (χ0) is 15.1. The molecule has 0 aliphatic rings. The fourth-order valence-electron chi connectivity index (χ4n) is 3.41. The maximum Gasteiger partial charge on any atom is -0.00297 e. The Morgan fingerprint density at radius 2 is 1.59 bits per heavy atom. The molecule has 0 fully saturated rings. The molecule has 0 aromatic heterocycles. The molecule has 0 N–H and O–H groups in total. The summed E-state index contributed by atoms with van der Waals surface area (Å²) in [6, 6.07) is 20.0. The second-order valence-corrected chi connectivity index (χ2v) is 5.85. The lowest BCUT2D eigenvalue weighted by molar-refractivity contribution is 1.55. The fraction of sp³-hybridized carbons (Fsp3) is 0.0909. The van der Waals surface area contributed by atoms with Gasteiger partial charge in [0.05, 0.1) is 0 Å². The van der Waals surface area contributed by atoms with E-state index >= 15 is 0 Å². The summed E-state index contributed by atoms with van der Waals surface area (Å²) in [4.78, 5) is 0. The first kappa shape index (κ1) is 13.1. The van der Waals surface area contributed by atoms with Crippen LogP contribution in [-0.2, 0) is 0 Å². The summed E-state index contributed by atoms with van der Waals surface area (Å²) in [5.41, 5.74) is 1.34. The zero-order valence-corrected chi connectivity index (χ0v) is 12.9. The number of fused-ring (bicyclic) bond motifs is 2. The van der Waals surface area contributed by atoms with Crippen LogP contribution in [0.25, 0.3) is 38.4 Å². The number of hydrogen-bond donors (Lipinski definition) is 0. The summed E-state index contributed by atoms with van der Waals surface area (Å²) in [6.07, 6.45) is 6.36. The van der Waals surface area contributed by atoms with Crippen LogP contribution in [0.2, 0.25) is 0 Å². The third-order valence-electron chi connectivity index (χ3n) is 4.49. The lowest BCUT2D eigenvalue weighted by atomic mass is 9.92. The van der Waals surface area contributed by atoms with Crippen LogP contribution in [0.15, 0.2) is 66.7 Å². The van der Waals surface area contributed by atoms with Crippen LogP contribution in [0.1, 0.15) is 12.5 Å². The van der Waals surface area contributed by atoms with Gasteiger partial charge in [-0.25, -0.2) is 0 Å². The van der Waals surface area contributed by atoms with Crippen molar-refractivity contribution in [2.75, 3.05) is 0 Å². The minimum atomic E-state index is 1.28. The smallest absolute Gasteiger partial charge is 0.00297 e. The Morgan fingerprint density at radius 1 is 0.773 bits per heavy atom. The van der Waals surface area contributed by atoms with E-state index in [0.717, 1.165) is 0 Å². The molecule has 0 heteroatoms. The lowest BCUT2D eigenvalue weighted by Gasteiger charge is -2.11. The Morgan fingerprint density at radius 3 is 2.45 bits per heavy atom. The van der Waals surface area contributed by atoms with Gasteiger partial charge in [-0.05, 0) is 63.0 Å². The molecule has 106 valence electrons. The molecule has 0 atom stereocenters. The minimum absolute atomic E-state index is 1.28. The Hall–Kier alpha value is -2.60. The number of hydrogen-bond acceptors (Lipinski definition) is 0. The Kier molecular flexibility index (Phi) is 2.97. The molecule has 0 unspecified atom stereocenters. The topological polar surface area (TPSA) is 0 Å². The van der Waals surface area contributed by atoms with Crippen LogP contribution in [-0.4, -0.2) is 0 Å². The van der Waals surface area contributed by atoms with Crippen molar-refractivity contribution in [3.63, 3.8) is 0 Å². The molecule has 0 nitrogen and oxygen atoms in total. The van der Waals surface area contributed by atoms with Crippen molar-refractivity contribution in [1.29, 1.82) is 0 Å². The van der Waals surface area contributed by atoms with Crippen LogP contribution in [0.4, 0.5) is 0 Å². The SMILES string of the molecule is C/C=C\C=c1\cccc2c1cc1cccc3c(C)ccc2c13. The molecule has 0 aliphatic carbocycles. The quantitative estimate of drug-likeness (QED) is 0.318. The van der Waals surface area contributed by atoms with Crippen LogP contribution in [0.3, 0.4) is 0 Å². The maximum absolute atomic E-state index is 2.33. The molecule has 0 amide bonds. The largest absolute Gasteiger partial charge is 0.0876 e. The van der Waals surface area contributed by atoms with E-state index in [1.807, 2.05) is 0 Å². The van der Waals surface area contributed by atoms with Crippen molar-refractivity contribution < 1.29 is 0 Å². The third kappa shape index (κ3) is 1.84. The molecule has 0 spiro atoms. The average Bonchev–Trinajstić information content (AvgIpc) is 2.55. The molecular formula is C22H18. The summed E-state index contributed by atoms with van der Waals surface area (Å²) in [5, 5.41) is 9.36. The number of aryl methyl sites for hydroxylation is 1. The van der Waals surface area contributed by atoms with Gasteiger partial charge in [-0.2, -0.15) is 0 Å². The molecule has 0 aliphatic heterocycles. The minimum Gasteiger partial charge on any atom is -0.0876 e. The molecular weight excluding hydrogens is 264 g/mol. The molecule has 0 radical (unpaired) electrons. The van der Waals surface area contributed by atoms with Crippen molar-refractivity contribution in [2.24, 2.45) is 0 Å². The van der Waals surface area contributed by atoms with E-state index in [-0.39, 0.29) is 0 Å². The van der Waals surface area contributed by atoms with Crippen LogP contribution >= 0.6 is 0 Å². The zero-order valence-electron chi connectivity index (χ0n) is 12.9. The van der Waals surface area contributed by atoms with Gasteiger partial charge in [0.15, 0.2) is 0 Å². The number of benzene rings is 4. The van der Waals surface area contributed by atoms with Gasteiger partial charge in [-0.1, -0.05) is 66.8 Å². The Balaban J connectivity index is 2.30. The molecule has 0 saturated heterocycles. The standard InChI is InChI=1S/C22H18/c1-3-4-7-16-8-5-11-19-20-13-12-15(2)18-10-6-9-17(22(18)20)14-21(16)19/h3-14H,1-2H3/b4-3-,16-7-. The summed E-state index contributed by atoms with van der Waals surface area (Å²) in [6.45, 7) is 4.24. The van der Waals surface area contributed by atoms with E-state index < -0.39 is 0 Å². The second kappa shape index (κ2) is 4.99. The van der Waals surface area contributed by atoms with E-state index in [2.05, 4.69) is 86.7 Å². The van der Waals surface area contributed by atoms with Crippen LogP contribution in [0, 0.1) is 6.92 Å². The van der Waals surface area contributed by atoms with Crippen molar-refractivity contribution in [2.45, 2.75) is 13.8 Å². The molecule has 22 heavy (non-hydrogen) atoms. The van der Waals surface area contributed by atoms with Crippen molar-refractivity contribution >= 4 is 38.4 Å².